The molecule has 0 aromatic heterocycles. The Morgan fingerprint density at radius 2 is 1.71 bits per heavy atom. The molecule has 0 N–H and O–H groups in total. The normalized spacial score (nSPS) is 38.9. The highest BCUT2D eigenvalue weighted by atomic mass is 35.5. The van der Waals surface area contributed by atoms with E-state index < -0.39 is 17.7 Å². The summed E-state index contributed by atoms with van der Waals surface area (Å²) in [7, 11) is 0. The van der Waals surface area contributed by atoms with Gasteiger partial charge in [0.05, 0.1) is 6.61 Å². The van der Waals surface area contributed by atoms with Crippen molar-refractivity contribution in [2.75, 3.05) is 31.1 Å². The van der Waals surface area contributed by atoms with Gasteiger partial charge in [0, 0.05) is 61.7 Å². The van der Waals surface area contributed by atoms with Gasteiger partial charge in [0.2, 0.25) is 5.79 Å². The first-order chi connectivity index (χ1) is 19.8. The maximum Gasteiger partial charge on any atom is 0.201 e. The van der Waals surface area contributed by atoms with Crippen molar-refractivity contribution in [3.8, 4) is 0 Å². The molecule has 2 bridgehead atoms. The highest BCUT2D eigenvalue weighted by molar-refractivity contribution is 6.30. The van der Waals surface area contributed by atoms with Crippen LogP contribution in [0.4, 0.5) is 5.69 Å². The molecule has 6 aliphatic rings. The minimum Gasteiger partial charge on any atom is -0.369 e. The Kier molecular flexibility index (Phi) is 7.60. The van der Waals surface area contributed by atoms with Gasteiger partial charge in [0.25, 0.3) is 0 Å². The van der Waals surface area contributed by atoms with Crippen molar-refractivity contribution in [1.82, 2.24) is 4.90 Å². The summed E-state index contributed by atoms with van der Waals surface area (Å²) < 4.78 is 19.6. The van der Waals surface area contributed by atoms with Gasteiger partial charge in [0.15, 0.2) is 18.2 Å². The number of piperazine rings is 1. The van der Waals surface area contributed by atoms with Gasteiger partial charge in [-0.3, -0.25) is 4.90 Å². The SMILES string of the molecule is C[C@H]1[C@@H](OCc2cccc(CN3CCN(c4ccc(Cl)cc4)CC3)c2)O[C@@H]2O[C@]3(C)CC[C@H]4[C@H](C)CC[C@@H]1[C@@]24OO3. The molecule has 0 unspecified atom stereocenters. The van der Waals surface area contributed by atoms with Gasteiger partial charge in [-0.2, -0.15) is 0 Å². The van der Waals surface area contributed by atoms with Crippen LogP contribution in [0.3, 0.4) is 0 Å². The van der Waals surface area contributed by atoms with Crippen LogP contribution in [0.5, 0.6) is 0 Å². The number of benzene rings is 2. The van der Waals surface area contributed by atoms with Crippen molar-refractivity contribution in [3.63, 3.8) is 0 Å². The minimum atomic E-state index is -0.767. The molecule has 222 valence electrons. The summed E-state index contributed by atoms with van der Waals surface area (Å²) in [5, 5.41) is 0.782. The first kappa shape index (κ1) is 28.1. The number of ether oxygens (including phenoxy) is 3. The monoisotopic (exact) mass is 582 g/mol. The Hall–Kier alpha value is -1.71. The van der Waals surface area contributed by atoms with E-state index in [4.69, 9.17) is 35.6 Å². The van der Waals surface area contributed by atoms with Crippen LogP contribution < -0.4 is 4.90 Å². The quantitative estimate of drug-likeness (QED) is 0.366. The third-order valence-electron chi connectivity index (χ3n) is 10.5. The summed E-state index contributed by atoms with van der Waals surface area (Å²) in [5.41, 5.74) is 3.18. The zero-order valence-electron chi connectivity index (χ0n) is 24.5. The fourth-order valence-electron chi connectivity index (χ4n) is 8.13. The number of fused-ring (bicyclic) bond motifs is 2. The van der Waals surface area contributed by atoms with Crippen LogP contribution in [0.25, 0.3) is 0 Å². The lowest BCUT2D eigenvalue weighted by Gasteiger charge is -2.60. The number of halogens is 1. The predicted octanol–water partition coefficient (Wildman–Crippen LogP) is 6.39. The fourth-order valence-corrected chi connectivity index (χ4v) is 8.26. The van der Waals surface area contributed by atoms with Gasteiger partial charge < -0.3 is 19.1 Å². The first-order valence-corrected chi connectivity index (χ1v) is 15.8. The maximum atomic E-state index is 6.61. The second-order valence-electron chi connectivity index (χ2n) is 13.1. The molecular formula is C33H43ClN2O5. The Bertz CT molecular complexity index is 1220. The summed E-state index contributed by atoms with van der Waals surface area (Å²) in [6.45, 7) is 12.1. The molecule has 6 fully saturated rings. The molecule has 5 heterocycles. The van der Waals surface area contributed by atoms with E-state index in [1.54, 1.807) is 0 Å². The van der Waals surface area contributed by atoms with Crippen molar-refractivity contribution in [2.24, 2.45) is 23.7 Å². The molecule has 8 heteroatoms. The minimum absolute atomic E-state index is 0.177. The molecule has 1 spiro atoms. The molecular weight excluding hydrogens is 540 g/mol. The summed E-state index contributed by atoms with van der Waals surface area (Å²) in [6.07, 6.45) is 3.30. The molecule has 1 aliphatic carbocycles. The lowest BCUT2D eigenvalue weighted by atomic mass is 9.58. The lowest BCUT2D eigenvalue weighted by Crippen LogP contribution is -2.70. The average Bonchev–Trinajstić information content (AvgIpc) is 3.21. The van der Waals surface area contributed by atoms with E-state index >= 15 is 0 Å². The third-order valence-corrected chi connectivity index (χ3v) is 10.7. The topological polar surface area (TPSA) is 52.6 Å². The molecule has 8 rings (SSSR count). The molecule has 1 saturated carbocycles. The largest absolute Gasteiger partial charge is 0.369 e. The molecule has 5 saturated heterocycles. The van der Waals surface area contributed by atoms with Crippen LogP contribution in [0.2, 0.25) is 5.02 Å². The summed E-state index contributed by atoms with van der Waals surface area (Å²) in [4.78, 5) is 17.2. The van der Waals surface area contributed by atoms with Crippen molar-refractivity contribution in [2.45, 2.75) is 83.6 Å². The van der Waals surface area contributed by atoms with Crippen LogP contribution in [-0.2, 0) is 37.1 Å². The van der Waals surface area contributed by atoms with Crippen LogP contribution in [-0.4, -0.2) is 55.0 Å². The van der Waals surface area contributed by atoms with E-state index in [0.29, 0.717) is 18.4 Å². The number of nitrogens with zero attached hydrogens (tertiary/aromatic N) is 2. The molecule has 41 heavy (non-hydrogen) atoms. The zero-order valence-corrected chi connectivity index (χ0v) is 25.2. The van der Waals surface area contributed by atoms with Gasteiger partial charge >= 0.3 is 0 Å². The highest BCUT2D eigenvalue weighted by Crippen LogP contribution is 2.60. The fraction of sp³-hybridized carbons (Fsp3) is 0.636. The van der Waals surface area contributed by atoms with Crippen LogP contribution in [0, 0.1) is 23.7 Å². The highest BCUT2D eigenvalue weighted by Gasteiger charge is 2.69. The van der Waals surface area contributed by atoms with Gasteiger partial charge in [-0.1, -0.05) is 49.7 Å². The molecule has 2 aromatic carbocycles. The standard InChI is InChI=1S/C33H43ClN2O5/c1-22-7-12-29-23(2)30(38-31-33(29)28(22)13-14-32(3,39-31)40-41-33)37-21-25-6-4-5-24(19-25)20-35-15-17-36(18-16-35)27-10-8-26(34)9-11-27/h4-6,8-11,19,22-23,28-31H,7,12-18,20-21H2,1-3H3/t22-,23-,28+,29+,30+,31-,32+,33-/m1/s1. The van der Waals surface area contributed by atoms with Gasteiger partial charge in [-0.05, 0) is 73.4 Å². The van der Waals surface area contributed by atoms with E-state index in [1.165, 1.54) is 23.2 Å². The van der Waals surface area contributed by atoms with E-state index in [-0.39, 0.29) is 18.1 Å². The number of rotatable bonds is 6. The summed E-state index contributed by atoms with van der Waals surface area (Å²) >= 11 is 6.07. The maximum absolute atomic E-state index is 6.61. The molecule has 7 nitrogen and oxygen atoms in total. The van der Waals surface area contributed by atoms with Crippen LogP contribution in [0.15, 0.2) is 48.5 Å². The Morgan fingerprint density at radius 3 is 2.51 bits per heavy atom. The molecule has 5 aliphatic heterocycles. The smallest absolute Gasteiger partial charge is 0.201 e. The van der Waals surface area contributed by atoms with E-state index in [9.17, 15) is 0 Å². The number of hydrogen-bond acceptors (Lipinski definition) is 7. The third kappa shape index (κ3) is 5.22. The van der Waals surface area contributed by atoms with Crippen molar-refractivity contribution >= 4 is 17.3 Å². The number of hydrogen-bond donors (Lipinski definition) is 0. The van der Waals surface area contributed by atoms with Gasteiger partial charge in [-0.15, -0.1) is 0 Å². The van der Waals surface area contributed by atoms with Crippen LogP contribution in [0.1, 0.15) is 57.6 Å². The van der Waals surface area contributed by atoms with Gasteiger partial charge in [-0.25, -0.2) is 9.78 Å². The molecule has 0 radical (unpaired) electrons. The van der Waals surface area contributed by atoms with Crippen molar-refractivity contribution in [3.05, 3.63) is 64.7 Å². The van der Waals surface area contributed by atoms with E-state index in [1.807, 2.05) is 19.1 Å². The Balaban J connectivity index is 0.979. The molecule has 8 atom stereocenters. The second kappa shape index (κ2) is 11.1. The Labute approximate surface area is 248 Å². The van der Waals surface area contributed by atoms with E-state index in [2.05, 4.69) is 60.0 Å². The predicted molar refractivity (Wildman–Crippen MR) is 157 cm³/mol. The summed E-state index contributed by atoms with van der Waals surface area (Å²) in [6, 6.07) is 16.9. The van der Waals surface area contributed by atoms with Crippen molar-refractivity contribution in [1.29, 1.82) is 0 Å². The molecule has 0 amide bonds. The second-order valence-corrected chi connectivity index (χ2v) is 13.6. The van der Waals surface area contributed by atoms with Crippen LogP contribution >= 0.6 is 11.6 Å². The van der Waals surface area contributed by atoms with Crippen molar-refractivity contribution < 1.29 is 24.0 Å². The lowest BCUT2D eigenvalue weighted by molar-refractivity contribution is -0.577. The average molecular weight is 583 g/mol. The Morgan fingerprint density at radius 1 is 0.927 bits per heavy atom. The first-order valence-electron chi connectivity index (χ1n) is 15.5. The summed E-state index contributed by atoms with van der Waals surface area (Å²) in [5.74, 6) is 0.600. The van der Waals surface area contributed by atoms with Gasteiger partial charge in [0.1, 0.15) is 0 Å². The van der Waals surface area contributed by atoms with E-state index in [0.717, 1.165) is 57.0 Å². The zero-order chi connectivity index (χ0) is 28.2. The molecule has 2 aromatic rings. The number of anilines is 1.